The molecule has 2 heterocycles. The second-order valence-electron chi connectivity index (χ2n) is 5.20. The summed E-state index contributed by atoms with van der Waals surface area (Å²) in [6.07, 6.45) is 9.70. The van der Waals surface area contributed by atoms with Crippen LogP contribution in [0.1, 0.15) is 44.6 Å². The molecular weight excluding hydrogens is 278 g/mol. The summed E-state index contributed by atoms with van der Waals surface area (Å²) >= 11 is 7.50. The number of rotatable bonds is 2. The van der Waals surface area contributed by atoms with Gasteiger partial charge in [-0.15, -0.1) is 11.3 Å². The summed E-state index contributed by atoms with van der Waals surface area (Å²) in [5, 5.41) is 6.71. The highest BCUT2D eigenvalue weighted by Gasteiger charge is 2.18. The molecule has 1 aliphatic rings. The van der Waals surface area contributed by atoms with Crippen LogP contribution < -0.4 is 5.73 Å². The molecule has 5 heteroatoms. The van der Waals surface area contributed by atoms with Crippen molar-refractivity contribution in [3.8, 4) is 11.3 Å². The van der Waals surface area contributed by atoms with Gasteiger partial charge in [0.15, 0.2) is 0 Å². The number of halogens is 1. The van der Waals surface area contributed by atoms with Crippen molar-refractivity contribution in [2.75, 3.05) is 5.73 Å². The second kappa shape index (κ2) is 5.55. The van der Waals surface area contributed by atoms with Crippen LogP contribution in [0, 0.1) is 0 Å². The minimum atomic E-state index is 0.507. The predicted octanol–water partition coefficient (Wildman–Crippen LogP) is 4.74. The molecule has 3 rings (SSSR count). The summed E-state index contributed by atoms with van der Waals surface area (Å²) in [6.45, 7) is 0. The van der Waals surface area contributed by atoms with Crippen LogP contribution >= 0.6 is 22.9 Å². The van der Waals surface area contributed by atoms with E-state index in [1.54, 1.807) is 0 Å². The highest BCUT2D eigenvalue weighted by Crippen LogP contribution is 2.33. The first-order valence-electron chi connectivity index (χ1n) is 6.83. The average Bonchev–Trinajstić information content (AvgIpc) is 2.86. The van der Waals surface area contributed by atoms with Crippen molar-refractivity contribution < 1.29 is 0 Å². The lowest BCUT2D eigenvalue weighted by atomic mass is 10.1. The maximum atomic E-state index is 6.11. The van der Waals surface area contributed by atoms with Gasteiger partial charge in [-0.25, -0.2) is 0 Å². The molecule has 102 valence electrons. The topological polar surface area (TPSA) is 43.8 Å². The van der Waals surface area contributed by atoms with Gasteiger partial charge >= 0.3 is 0 Å². The van der Waals surface area contributed by atoms with Crippen LogP contribution in [-0.4, -0.2) is 9.78 Å². The second-order valence-corrected chi connectivity index (χ2v) is 6.74. The first-order chi connectivity index (χ1) is 9.24. The molecule has 0 spiro atoms. The lowest BCUT2D eigenvalue weighted by Gasteiger charge is -2.14. The van der Waals surface area contributed by atoms with Gasteiger partial charge in [0.2, 0.25) is 0 Å². The summed E-state index contributed by atoms with van der Waals surface area (Å²) in [5.41, 5.74) is 8.75. The molecule has 0 aromatic carbocycles. The summed E-state index contributed by atoms with van der Waals surface area (Å²) in [7, 11) is 0. The maximum Gasteiger partial charge on any atom is 0.116 e. The van der Waals surface area contributed by atoms with Crippen LogP contribution in [-0.2, 0) is 0 Å². The monoisotopic (exact) mass is 295 g/mol. The highest BCUT2D eigenvalue weighted by atomic mass is 35.5. The normalized spacial score (nSPS) is 17.5. The van der Waals surface area contributed by atoms with Crippen molar-refractivity contribution in [2.24, 2.45) is 0 Å². The molecule has 2 N–H and O–H groups in total. The number of thiophene rings is 1. The summed E-state index contributed by atoms with van der Waals surface area (Å²) in [5.74, 6) is 0. The van der Waals surface area contributed by atoms with Gasteiger partial charge in [0.05, 0.1) is 16.1 Å². The smallest absolute Gasteiger partial charge is 0.116 e. The lowest BCUT2D eigenvalue weighted by Crippen LogP contribution is -2.08. The molecule has 0 atom stereocenters. The van der Waals surface area contributed by atoms with Crippen LogP contribution in [0.2, 0.25) is 4.34 Å². The molecular formula is C14H18ClN3S. The zero-order valence-electron chi connectivity index (χ0n) is 10.8. The standard InChI is InChI=1S/C14H18ClN3S/c15-13-7-10(9-19-13)14-12(16)8-18(17-14)11-5-3-1-2-4-6-11/h7-9,11H,1-6,16H2. The molecule has 1 saturated carbocycles. The Morgan fingerprint density at radius 3 is 2.63 bits per heavy atom. The molecule has 0 aliphatic heterocycles. The van der Waals surface area contributed by atoms with Crippen molar-refractivity contribution >= 4 is 28.6 Å². The van der Waals surface area contributed by atoms with E-state index in [1.807, 2.05) is 17.6 Å². The molecule has 19 heavy (non-hydrogen) atoms. The number of anilines is 1. The predicted molar refractivity (Wildman–Crippen MR) is 81.7 cm³/mol. The van der Waals surface area contributed by atoms with Gasteiger partial charge in [0, 0.05) is 17.1 Å². The first-order valence-corrected chi connectivity index (χ1v) is 8.09. The summed E-state index contributed by atoms with van der Waals surface area (Å²) < 4.78 is 2.85. The Morgan fingerprint density at radius 1 is 1.26 bits per heavy atom. The number of hydrogen-bond acceptors (Lipinski definition) is 3. The van der Waals surface area contributed by atoms with Crippen molar-refractivity contribution in [3.63, 3.8) is 0 Å². The van der Waals surface area contributed by atoms with Crippen LogP contribution in [0.15, 0.2) is 17.6 Å². The number of nitrogens with two attached hydrogens (primary N) is 1. The Kier molecular flexibility index (Phi) is 3.80. The number of aromatic nitrogens is 2. The van der Waals surface area contributed by atoms with Crippen molar-refractivity contribution in [2.45, 2.75) is 44.6 Å². The van der Waals surface area contributed by atoms with Crippen molar-refractivity contribution in [1.29, 1.82) is 0 Å². The minimum Gasteiger partial charge on any atom is -0.396 e. The molecule has 2 aromatic rings. The summed E-state index contributed by atoms with van der Waals surface area (Å²) in [4.78, 5) is 0. The van der Waals surface area contributed by atoms with E-state index in [0.717, 1.165) is 21.3 Å². The molecule has 2 aromatic heterocycles. The van der Waals surface area contributed by atoms with E-state index < -0.39 is 0 Å². The molecule has 1 fully saturated rings. The fourth-order valence-corrected chi connectivity index (χ4v) is 3.64. The van der Waals surface area contributed by atoms with E-state index >= 15 is 0 Å². The maximum absolute atomic E-state index is 6.11. The molecule has 0 unspecified atom stereocenters. The van der Waals surface area contributed by atoms with E-state index in [-0.39, 0.29) is 0 Å². The van der Waals surface area contributed by atoms with Gasteiger partial charge in [0.1, 0.15) is 5.69 Å². The van der Waals surface area contributed by atoms with E-state index in [4.69, 9.17) is 22.4 Å². The zero-order valence-corrected chi connectivity index (χ0v) is 12.4. The first kappa shape index (κ1) is 13.0. The zero-order chi connectivity index (χ0) is 13.2. The Bertz CT molecular complexity index is 553. The molecule has 0 bridgehead atoms. The van der Waals surface area contributed by atoms with Gasteiger partial charge in [-0.2, -0.15) is 5.10 Å². The van der Waals surface area contributed by atoms with E-state index in [2.05, 4.69) is 4.68 Å². The summed E-state index contributed by atoms with van der Waals surface area (Å²) in [6, 6.07) is 2.44. The molecule has 3 nitrogen and oxygen atoms in total. The number of hydrogen-bond donors (Lipinski definition) is 1. The van der Waals surface area contributed by atoms with Crippen LogP contribution in [0.5, 0.6) is 0 Å². The van der Waals surface area contributed by atoms with Crippen LogP contribution in [0.3, 0.4) is 0 Å². The van der Waals surface area contributed by atoms with E-state index in [9.17, 15) is 0 Å². The lowest BCUT2D eigenvalue weighted by molar-refractivity contribution is 0.406. The fourth-order valence-electron chi connectivity index (χ4n) is 2.77. The Morgan fingerprint density at radius 2 is 2.00 bits per heavy atom. The van der Waals surface area contributed by atoms with Crippen LogP contribution in [0.4, 0.5) is 5.69 Å². The van der Waals surface area contributed by atoms with Gasteiger partial charge in [0.25, 0.3) is 0 Å². The number of nitrogen functional groups attached to an aromatic ring is 1. The SMILES string of the molecule is Nc1cn(C2CCCCCC2)nc1-c1csc(Cl)c1. The Hall–Kier alpha value is -1.00. The minimum absolute atomic E-state index is 0.507. The third-order valence-corrected chi connectivity index (χ3v) is 4.89. The van der Waals surface area contributed by atoms with Crippen molar-refractivity contribution in [3.05, 3.63) is 22.0 Å². The van der Waals surface area contributed by atoms with E-state index in [0.29, 0.717) is 6.04 Å². The van der Waals surface area contributed by atoms with Gasteiger partial charge in [-0.3, -0.25) is 4.68 Å². The Labute approximate surface area is 122 Å². The van der Waals surface area contributed by atoms with Gasteiger partial charge in [-0.1, -0.05) is 37.3 Å². The highest BCUT2D eigenvalue weighted by molar-refractivity contribution is 7.14. The fraction of sp³-hybridized carbons (Fsp3) is 0.500. The number of nitrogens with zero attached hydrogens (tertiary/aromatic N) is 2. The Balaban J connectivity index is 1.88. The average molecular weight is 296 g/mol. The third-order valence-electron chi connectivity index (χ3n) is 3.80. The largest absolute Gasteiger partial charge is 0.396 e. The van der Waals surface area contributed by atoms with E-state index in [1.165, 1.54) is 49.9 Å². The molecule has 0 radical (unpaired) electrons. The molecule has 0 amide bonds. The van der Waals surface area contributed by atoms with Gasteiger partial charge in [-0.05, 0) is 18.9 Å². The molecule has 1 aliphatic carbocycles. The molecule has 0 saturated heterocycles. The quantitative estimate of drug-likeness (QED) is 0.813. The van der Waals surface area contributed by atoms with Crippen molar-refractivity contribution in [1.82, 2.24) is 9.78 Å². The van der Waals surface area contributed by atoms with Crippen LogP contribution in [0.25, 0.3) is 11.3 Å². The third kappa shape index (κ3) is 2.79. The van der Waals surface area contributed by atoms with Gasteiger partial charge < -0.3 is 5.73 Å².